The van der Waals surface area contributed by atoms with Crippen LogP contribution in [0.5, 0.6) is 5.75 Å². The Kier molecular flexibility index (Phi) is 8.27. The molecule has 4 nitrogen and oxygen atoms in total. The van der Waals surface area contributed by atoms with Crippen LogP contribution in [0.4, 0.5) is 0 Å². The number of methoxy groups -OCH3 is 1. The molecule has 0 fully saturated rings. The third-order valence-corrected chi connectivity index (χ3v) is 6.85. The number of benzene rings is 2. The maximum absolute atomic E-state index is 13.2. The van der Waals surface area contributed by atoms with E-state index in [4.69, 9.17) is 4.74 Å². The molecule has 0 unspecified atom stereocenters. The molecule has 1 atom stereocenters. The number of hydrogen-bond donors (Lipinski definition) is 0. The van der Waals surface area contributed by atoms with Gasteiger partial charge >= 0.3 is 0 Å². The number of allylic oxidation sites excluding steroid dienone is 1. The Balaban J connectivity index is 2.27. The van der Waals surface area contributed by atoms with Gasteiger partial charge < -0.3 is 4.74 Å². The van der Waals surface area contributed by atoms with Crippen LogP contribution in [0.1, 0.15) is 36.5 Å². The van der Waals surface area contributed by atoms with E-state index >= 15 is 0 Å². The van der Waals surface area contributed by atoms with E-state index in [0.717, 1.165) is 28.9 Å². The zero-order valence-electron chi connectivity index (χ0n) is 17.1. The van der Waals surface area contributed by atoms with Crippen molar-refractivity contribution in [1.82, 2.24) is 4.31 Å². The first-order chi connectivity index (χ1) is 13.4. The normalized spacial score (nSPS) is 12.7. The Morgan fingerprint density at radius 2 is 1.57 bits per heavy atom. The van der Waals surface area contributed by atoms with E-state index in [2.05, 4.69) is 6.58 Å². The van der Waals surface area contributed by atoms with Crippen LogP contribution >= 0.6 is 0 Å². The van der Waals surface area contributed by atoms with E-state index in [9.17, 15) is 8.42 Å². The van der Waals surface area contributed by atoms with Gasteiger partial charge in [0.15, 0.2) is 0 Å². The molecule has 28 heavy (non-hydrogen) atoms. The Hall–Kier alpha value is -2.11. The lowest BCUT2D eigenvalue weighted by molar-refractivity contribution is 0.392. The summed E-state index contributed by atoms with van der Waals surface area (Å²) in [6.07, 6.45) is 3.32. The van der Waals surface area contributed by atoms with Crippen LogP contribution in [0.15, 0.2) is 61.2 Å². The standard InChI is InChI=1S/C23H31NO3S/c1-5-7-20(6-2)18-28(25,26)24(16-21-10-8-19(3)9-11-21)17-22-12-14-23(27-4)15-13-22/h5,8-15,20H,1,6-7,16-18H2,2-4H3/t20-/m0/s1. The molecule has 0 radical (unpaired) electrons. The van der Waals surface area contributed by atoms with Crippen LogP contribution in [-0.4, -0.2) is 25.6 Å². The van der Waals surface area contributed by atoms with Crippen molar-refractivity contribution in [1.29, 1.82) is 0 Å². The molecule has 2 aromatic carbocycles. The number of hydrogen-bond acceptors (Lipinski definition) is 3. The van der Waals surface area contributed by atoms with E-state index in [0.29, 0.717) is 19.5 Å². The topological polar surface area (TPSA) is 46.6 Å². The van der Waals surface area contributed by atoms with Crippen molar-refractivity contribution in [3.05, 3.63) is 77.9 Å². The van der Waals surface area contributed by atoms with Gasteiger partial charge in [-0.25, -0.2) is 8.42 Å². The summed E-state index contributed by atoms with van der Waals surface area (Å²) in [5.74, 6) is 0.977. The predicted molar refractivity (Wildman–Crippen MR) is 116 cm³/mol. The highest BCUT2D eigenvalue weighted by Gasteiger charge is 2.25. The van der Waals surface area contributed by atoms with E-state index in [1.807, 2.05) is 62.4 Å². The summed E-state index contributed by atoms with van der Waals surface area (Å²) in [5, 5.41) is 0. The third-order valence-electron chi connectivity index (χ3n) is 4.91. The van der Waals surface area contributed by atoms with Gasteiger partial charge in [0, 0.05) is 13.1 Å². The van der Waals surface area contributed by atoms with Crippen molar-refractivity contribution in [3.8, 4) is 5.75 Å². The number of rotatable bonds is 11. The van der Waals surface area contributed by atoms with Crippen molar-refractivity contribution in [3.63, 3.8) is 0 Å². The van der Waals surface area contributed by atoms with Gasteiger partial charge in [-0.2, -0.15) is 4.31 Å². The molecule has 0 bridgehead atoms. The molecule has 0 aliphatic rings. The maximum atomic E-state index is 13.2. The molecule has 0 aromatic heterocycles. The number of ether oxygens (including phenoxy) is 1. The first-order valence-electron chi connectivity index (χ1n) is 9.65. The monoisotopic (exact) mass is 401 g/mol. The molecule has 0 saturated heterocycles. The van der Waals surface area contributed by atoms with Crippen molar-refractivity contribution >= 4 is 10.0 Å². The molecule has 0 aliphatic carbocycles. The van der Waals surface area contributed by atoms with Gasteiger partial charge in [-0.3, -0.25) is 0 Å². The lowest BCUT2D eigenvalue weighted by Crippen LogP contribution is -2.34. The molecule has 2 aromatic rings. The molecule has 0 saturated carbocycles. The van der Waals surface area contributed by atoms with E-state index in [1.54, 1.807) is 17.5 Å². The minimum Gasteiger partial charge on any atom is -0.497 e. The van der Waals surface area contributed by atoms with Gasteiger partial charge in [-0.15, -0.1) is 6.58 Å². The summed E-state index contributed by atoms with van der Waals surface area (Å²) < 4.78 is 33.3. The van der Waals surface area contributed by atoms with Crippen LogP contribution in [0, 0.1) is 12.8 Å². The van der Waals surface area contributed by atoms with Gasteiger partial charge in [0.05, 0.1) is 12.9 Å². The fourth-order valence-electron chi connectivity index (χ4n) is 3.08. The van der Waals surface area contributed by atoms with Crippen LogP contribution in [0.25, 0.3) is 0 Å². The third kappa shape index (κ3) is 6.50. The first-order valence-corrected chi connectivity index (χ1v) is 11.3. The smallest absolute Gasteiger partial charge is 0.214 e. The van der Waals surface area contributed by atoms with E-state index in [-0.39, 0.29) is 11.7 Å². The molecule has 0 spiro atoms. The summed E-state index contributed by atoms with van der Waals surface area (Å²) in [5.41, 5.74) is 3.08. The molecule has 0 amide bonds. The second-order valence-corrected chi connectivity index (χ2v) is 9.19. The fourth-order valence-corrected chi connectivity index (χ4v) is 4.95. The van der Waals surface area contributed by atoms with Gasteiger partial charge in [0.1, 0.15) is 5.75 Å². The molecule has 0 aliphatic heterocycles. The van der Waals surface area contributed by atoms with Gasteiger partial charge in [0.2, 0.25) is 10.0 Å². The molecule has 2 rings (SSSR count). The van der Waals surface area contributed by atoms with Crippen molar-refractivity contribution in [2.45, 2.75) is 39.8 Å². The first kappa shape index (κ1) is 22.2. The summed E-state index contributed by atoms with van der Waals surface area (Å²) in [6.45, 7) is 8.51. The van der Waals surface area contributed by atoms with Gasteiger partial charge in [-0.05, 0) is 42.5 Å². The molecular formula is C23H31NO3S. The quantitative estimate of drug-likeness (QED) is 0.501. The van der Waals surface area contributed by atoms with Crippen molar-refractivity contribution in [2.75, 3.05) is 12.9 Å². The maximum Gasteiger partial charge on any atom is 0.214 e. The average Bonchev–Trinajstić information content (AvgIpc) is 2.69. The second kappa shape index (κ2) is 10.4. The van der Waals surface area contributed by atoms with Crippen LogP contribution in [0.2, 0.25) is 0 Å². The average molecular weight is 402 g/mol. The van der Waals surface area contributed by atoms with E-state index in [1.165, 1.54) is 0 Å². The zero-order valence-corrected chi connectivity index (χ0v) is 17.9. The zero-order chi connectivity index (χ0) is 20.6. The molecule has 0 heterocycles. The lowest BCUT2D eigenvalue weighted by atomic mass is 10.1. The highest BCUT2D eigenvalue weighted by atomic mass is 32.2. The van der Waals surface area contributed by atoms with Gasteiger partial charge in [0.25, 0.3) is 0 Å². The Morgan fingerprint density at radius 3 is 2.04 bits per heavy atom. The molecular weight excluding hydrogens is 370 g/mol. The van der Waals surface area contributed by atoms with Crippen molar-refractivity contribution in [2.24, 2.45) is 5.92 Å². The fraction of sp³-hybridized carbons (Fsp3) is 0.391. The Bertz CT molecular complexity index is 842. The summed E-state index contributed by atoms with van der Waals surface area (Å²) in [7, 11) is -1.81. The summed E-state index contributed by atoms with van der Waals surface area (Å²) in [6, 6.07) is 15.6. The number of nitrogens with zero attached hydrogens (tertiary/aromatic N) is 1. The summed E-state index contributed by atoms with van der Waals surface area (Å²) in [4.78, 5) is 0. The van der Waals surface area contributed by atoms with Crippen LogP contribution in [0.3, 0.4) is 0 Å². The Morgan fingerprint density at radius 1 is 1.04 bits per heavy atom. The molecule has 0 N–H and O–H groups in total. The number of sulfonamides is 1. The highest BCUT2D eigenvalue weighted by Crippen LogP contribution is 2.21. The van der Waals surface area contributed by atoms with E-state index < -0.39 is 10.0 Å². The largest absolute Gasteiger partial charge is 0.497 e. The minimum atomic E-state index is -3.42. The summed E-state index contributed by atoms with van der Waals surface area (Å²) >= 11 is 0. The molecule has 152 valence electrons. The van der Waals surface area contributed by atoms with Crippen LogP contribution in [-0.2, 0) is 23.1 Å². The molecule has 5 heteroatoms. The lowest BCUT2D eigenvalue weighted by Gasteiger charge is -2.25. The van der Waals surface area contributed by atoms with Gasteiger partial charge in [-0.1, -0.05) is 61.4 Å². The highest BCUT2D eigenvalue weighted by molar-refractivity contribution is 7.89. The van der Waals surface area contributed by atoms with Crippen molar-refractivity contribution < 1.29 is 13.2 Å². The second-order valence-electron chi connectivity index (χ2n) is 7.18. The van der Waals surface area contributed by atoms with Crippen LogP contribution < -0.4 is 4.74 Å². The number of aryl methyl sites for hydroxylation is 1. The Labute approximate surface area is 169 Å². The minimum absolute atomic E-state index is 0.0823. The predicted octanol–water partition coefficient (Wildman–Crippen LogP) is 4.94. The SMILES string of the molecule is C=CC[C@H](CC)CS(=O)(=O)N(Cc1ccc(C)cc1)Cc1ccc(OC)cc1.